The van der Waals surface area contributed by atoms with E-state index >= 15 is 0 Å². The highest BCUT2D eigenvalue weighted by Gasteiger charge is 2.31. The maximum atomic E-state index is 13.1. The van der Waals surface area contributed by atoms with Crippen LogP contribution in [0.3, 0.4) is 0 Å². The highest BCUT2D eigenvalue weighted by Crippen LogP contribution is 2.36. The molecule has 4 nitrogen and oxygen atoms in total. The van der Waals surface area contributed by atoms with Gasteiger partial charge in [-0.25, -0.2) is 4.98 Å². The van der Waals surface area contributed by atoms with Crippen LogP contribution in [0.2, 0.25) is 0 Å². The van der Waals surface area contributed by atoms with E-state index < -0.39 is 11.7 Å². The number of nitrogens with two attached hydrogens (primary N) is 1. The molecule has 0 unspecified atom stereocenters. The Bertz CT molecular complexity index is 876. The molecule has 0 aliphatic heterocycles. The molecule has 2 N–H and O–H groups in total. The predicted molar refractivity (Wildman–Crippen MR) is 90.5 cm³/mol. The molecule has 25 heavy (non-hydrogen) atoms. The van der Waals surface area contributed by atoms with Crippen LogP contribution in [0.4, 0.5) is 18.3 Å². The van der Waals surface area contributed by atoms with Gasteiger partial charge in [-0.3, -0.25) is 0 Å². The van der Waals surface area contributed by atoms with Gasteiger partial charge in [0.05, 0.1) is 36.1 Å². The monoisotopic (exact) mass is 368 g/mol. The number of methoxy groups -OCH3 is 1. The Hall–Kier alpha value is -2.32. The lowest BCUT2D eigenvalue weighted by Gasteiger charge is -2.10. The maximum Gasteiger partial charge on any atom is 0.416 e. The normalized spacial score (nSPS) is 11.8. The maximum absolute atomic E-state index is 13.1. The van der Waals surface area contributed by atoms with Crippen molar-refractivity contribution >= 4 is 26.7 Å². The number of hydrogen-bond donors (Lipinski definition) is 1. The van der Waals surface area contributed by atoms with Gasteiger partial charge in [0, 0.05) is 5.56 Å². The fourth-order valence-electron chi connectivity index (χ4n) is 2.39. The van der Waals surface area contributed by atoms with E-state index in [1.54, 1.807) is 19.2 Å². The van der Waals surface area contributed by atoms with Crippen LogP contribution >= 0.6 is 11.3 Å². The van der Waals surface area contributed by atoms with E-state index in [2.05, 4.69) is 4.98 Å². The molecule has 0 fully saturated rings. The molecule has 0 saturated carbocycles. The highest BCUT2D eigenvalue weighted by atomic mass is 32.1. The fraction of sp³-hybridized carbons (Fsp3) is 0.235. The lowest BCUT2D eigenvalue weighted by atomic mass is 10.1. The Morgan fingerprint density at radius 1 is 1.12 bits per heavy atom. The zero-order valence-electron chi connectivity index (χ0n) is 13.3. The van der Waals surface area contributed by atoms with Crippen LogP contribution in [0.25, 0.3) is 10.2 Å². The van der Waals surface area contributed by atoms with Crippen LogP contribution in [-0.2, 0) is 24.1 Å². The van der Waals surface area contributed by atoms with Crippen molar-refractivity contribution in [2.75, 3.05) is 12.8 Å². The molecule has 3 aromatic rings. The van der Waals surface area contributed by atoms with Crippen molar-refractivity contribution in [3.8, 4) is 5.75 Å². The molecule has 0 aliphatic carbocycles. The first-order valence-electron chi connectivity index (χ1n) is 7.33. The summed E-state index contributed by atoms with van der Waals surface area (Å²) in [6.45, 7) is 0.275. The smallest absolute Gasteiger partial charge is 0.416 e. The summed E-state index contributed by atoms with van der Waals surface area (Å²) in [6, 6.07) is 9.39. The number of ether oxygens (including phenoxy) is 2. The highest BCUT2D eigenvalue weighted by molar-refractivity contribution is 7.22. The van der Waals surface area contributed by atoms with Crippen LogP contribution in [0.1, 0.15) is 16.7 Å². The van der Waals surface area contributed by atoms with Crippen molar-refractivity contribution in [2.45, 2.75) is 19.4 Å². The van der Waals surface area contributed by atoms with E-state index in [-0.39, 0.29) is 18.3 Å². The van der Waals surface area contributed by atoms with Crippen molar-refractivity contribution < 1.29 is 22.6 Å². The van der Waals surface area contributed by atoms with Crippen molar-refractivity contribution in [1.82, 2.24) is 4.98 Å². The Labute approximate surface area is 146 Å². The number of thiazole rings is 1. The van der Waals surface area contributed by atoms with E-state index in [0.717, 1.165) is 34.8 Å². The lowest BCUT2D eigenvalue weighted by Crippen LogP contribution is -2.06. The number of rotatable bonds is 5. The third-order valence-corrected chi connectivity index (χ3v) is 4.43. The second-order valence-electron chi connectivity index (χ2n) is 5.37. The number of benzene rings is 2. The van der Waals surface area contributed by atoms with E-state index in [1.165, 1.54) is 0 Å². The summed E-state index contributed by atoms with van der Waals surface area (Å²) in [5.41, 5.74) is 6.62. The molecule has 132 valence electrons. The van der Waals surface area contributed by atoms with E-state index in [1.807, 2.05) is 12.1 Å². The van der Waals surface area contributed by atoms with Crippen LogP contribution in [0.5, 0.6) is 5.75 Å². The van der Waals surface area contributed by atoms with Gasteiger partial charge in [-0.05, 0) is 29.8 Å². The molecule has 1 aromatic heterocycles. The summed E-state index contributed by atoms with van der Waals surface area (Å²) in [6.07, 6.45) is -4.43. The standard InChI is InChI=1S/C17H15F3N2O2S/c1-23-13-4-2-10(3-5-13)8-24-9-11-6-12(17(18,19)20)7-14-15(11)22-16(21)25-14/h2-7H,8-9H2,1H3,(H2,21,22). The van der Waals surface area contributed by atoms with E-state index in [4.69, 9.17) is 15.2 Å². The first kappa shape index (κ1) is 17.5. The van der Waals surface area contributed by atoms with E-state index in [9.17, 15) is 13.2 Å². The van der Waals surface area contributed by atoms with Gasteiger partial charge in [-0.1, -0.05) is 23.5 Å². The molecule has 0 saturated heterocycles. The summed E-state index contributed by atoms with van der Waals surface area (Å²) >= 11 is 1.03. The van der Waals surface area contributed by atoms with Crippen LogP contribution < -0.4 is 10.5 Å². The van der Waals surface area contributed by atoms with Gasteiger partial charge in [0.2, 0.25) is 0 Å². The Morgan fingerprint density at radius 2 is 1.84 bits per heavy atom. The minimum Gasteiger partial charge on any atom is -0.497 e. The number of alkyl halides is 3. The van der Waals surface area contributed by atoms with Gasteiger partial charge in [0.15, 0.2) is 5.13 Å². The van der Waals surface area contributed by atoms with Gasteiger partial charge in [-0.2, -0.15) is 13.2 Å². The second kappa shape index (κ2) is 6.89. The number of aromatic nitrogens is 1. The van der Waals surface area contributed by atoms with Crippen molar-refractivity contribution in [2.24, 2.45) is 0 Å². The van der Waals surface area contributed by atoms with Crippen molar-refractivity contribution in [3.05, 3.63) is 53.1 Å². The average molecular weight is 368 g/mol. The van der Waals surface area contributed by atoms with Gasteiger partial charge in [-0.15, -0.1) is 0 Å². The summed E-state index contributed by atoms with van der Waals surface area (Å²) in [5, 5.41) is 0.228. The van der Waals surface area contributed by atoms with Gasteiger partial charge < -0.3 is 15.2 Å². The summed E-state index contributed by atoms with van der Waals surface area (Å²) in [4.78, 5) is 4.12. The van der Waals surface area contributed by atoms with Gasteiger partial charge in [0.1, 0.15) is 5.75 Å². The summed E-state index contributed by atoms with van der Waals surface area (Å²) < 4.78 is 50.2. The second-order valence-corrected chi connectivity index (χ2v) is 6.44. The molecule has 0 bridgehead atoms. The number of anilines is 1. The molecule has 0 spiro atoms. The minimum absolute atomic E-state index is 0.00955. The van der Waals surface area contributed by atoms with Gasteiger partial charge >= 0.3 is 6.18 Å². The lowest BCUT2D eigenvalue weighted by molar-refractivity contribution is -0.137. The van der Waals surface area contributed by atoms with Crippen LogP contribution in [0, 0.1) is 0 Å². The number of nitrogen functional groups attached to an aromatic ring is 1. The molecule has 8 heteroatoms. The molecule has 1 heterocycles. The minimum atomic E-state index is -4.43. The number of hydrogen-bond acceptors (Lipinski definition) is 5. The first-order valence-corrected chi connectivity index (χ1v) is 8.15. The number of fused-ring (bicyclic) bond motifs is 1. The molecule has 0 aliphatic rings. The summed E-state index contributed by atoms with van der Waals surface area (Å²) in [7, 11) is 1.57. The van der Waals surface area contributed by atoms with E-state index in [0.29, 0.717) is 15.8 Å². The predicted octanol–water partition coefficient (Wildman–Crippen LogP) is 4.62. The topological polar surface area (TPSA) is 57.4 Å². The zero-order valence-corrected chi connectivity index (χ0v) is 14.1. The SMILES string of the molecule is COc1ccc(COCc2cc(C(F)(F)F)cc3sc(N)nc23)cc1. The molecular formula is C17H15F3N2O2S. The quantitative estimate of drug-likeness (QED) is 0.714. The number of nitrogens with zero attached hydrogens (tertiary/aromatic N) is 1. The average Bonchev–Trinajstić information content (AvgIpc) is 2.95. The molecule has 3 rings (SSSR count). The van der Waals surface area contributed by atoms with Gasteiger partial charge in [0.25, 0.3) is 0 Å². The zero-order chi connectivity index (χ0) is 18.0. The fourth-order valence-corrected chi connectivity index (χ4v) is 3.21. The van der Waals surface area contributed by atoms with Crippen LogP contribution in [0.15, 0.2) is 36.4 Å². The molecule has 0 atom stereocenters. The van der Waals surface area contributed by atoms with Crippen molar-refractivity contribution in [1.29, 1.82) is 0 Å². The van der Waals surface area contributed by atoms with Crippen molar-refractivity contribution in [3.63, 3.8) is 0 Å². The Morgan fingerprint density at radius 3 is 2.48 bits per heavy atom. The summed E-state index contributed by atoms with van der Waals surface area (Å²) in [5.74, 6) is 0.723. The third-order valence-electron chi connectivity index (χ3n) is 3.60. The first-order chi connectivity index (χ1) is 11.9. The molecule has 2 aromatic carbocycles. The van der Waals surface area contributed by atoms with Crippen LogP contribution in [-0.4, -0.2) is 12.1 Å². The Kier molecular flexibility index (Phi) is 4.82. The third kappa shape index (κ3) is 4.02. The molecule has 0 amide bonds. The largest absolute Gasteiger partial charge is 0.497 e. The molecular weight excluding hydrogens is 353 g/mol. The number of halogens is 3. The Balaban J connectivity index is 1.79. The molecule has 0 radical (unpaired) electrons.